The van der Waals surface area contributed by atoms with Crippen LogP contribution in [0.1, 0.15) is 34.6 Å². The van der Waals surface area contributed by atoms with Gasteiger partial charge in [-0.05, 0) is 29.6 Å². The van der Waals surface area contributed by atoms with Gasteiger partial charge in [0, 0.05) is 0 Å². The lowest BCUT2D eigenvalue weighted by atomic mass is 9.89. The summed E-state index contributed by atoms with van der Waals surface area (Å²) in [5.74, 6) is 0. The summed E-state index contributed by atoms with van der Waals surface area (Å²) in [6.07, 6.45) is 0. The maximum atomic E-state index is 3.83. The Balaban J connectivity index is 4.12. The zero-order valence-corrected chi connectivity index (χ0v) is 9.01. The fraction of sp³-hybridized carbons (Fsp3) is 0.600. The van der Waals surface area contributed by atoms with Crippen molar-refractivity contribution in [1.82, 2.24) is 0 Å². The molecule has 0 amide bonds. The third-order valence-electron chi connectivity index (χ3n) is 1.62. The molecule has 0 unspecified atom stereocenters. The Morgan fingerprint density at radius 2 is 1.73 bits per heavy atom. The van der Waals surface area contributed by atoms with E-state index >= 15 is 0 Å². The van der Waals surface area contributed by atoms with E-state index in [0.29, 0.717) is 5.41 Å². The van der Waals surface area contributed by atoms with E-state index in [2.05, 4.69) is 39.7 Å². The normalized spacial score (nSPS) is 13.4. The van der Waals surface area contributed by atoms with Crippen molar-refractivity contribution in [2.24, 2.45) is 5.41 Å². The molecule has 64 valence electrons. The molecule has 0 spiro atoms. The van der Waals surface area contributed by atoms with Crippen LogP contribution in [0.5, 0.6) is 0 Å². The third-order valence-corrected chi connectivity index (χ3v) is 2.49. The molecule has 0 atom stereocenters. The highest BCUT2D eigenvalue weighted by molar-refractivity contribution is 8.05. The molecule has 11 heavy (non-hydrogen) atoms. The molecule has 0 fully saturated rings. The molecule has 0 aromatic heterocycles. The van der Waals surface area contributed by atoms with Gasteiger partial charge in [-0.15, -0.1) is 11.8 Å². The molecule has 0 N–H and O–H groups in total. The van der Waals surface area contributed by atoms with Crippen LogP contribution >= 0.6 is 11.8 Å². The lowest BCUT2D eigenvalue weighted by Crippen LogP contribution is -2.05. The lowest BCUT2D eigenvalue weighted by Gasteiger charge is -2.19. The van der Waals surface area contributed by atoms with E-state index in [9.17, 15) is 0 Å². The van der Waals surface area contributed by atoms with E-state index in [4.69, 9.17) is 0 Å². The van der Waals surface area contributed by atoms with E-state index in [-0.39, 0.29) is 0 Å². The van der Waals surface area contributed by atoms with Crippen LogP contribution in [-0.4, -0.2) is 0 Å². The summed E-state index contributed by atoms with van der Waals surface area (Å²) in [7, 11) is 0. The summed E-state index contributed by atoms with van der Waals surface area (Å²) in [6.45, 7) is 14.7. The van der Waals surface area contributed by atoms with Gasteiger partial charge in [0.05, 0.1) is 0 Å². The molecule has 0 aliphatic carbocycles. The molecule has 0 aliphatic heterocycles. The fourth-order valence-corrected chi connectivity index (χ4v) is 1.10. The van der Waals surface area contributed by atoms with Gasteiger partial charge in [-0.1, -0.05) is 32.9 Å². The van der Waals surface area contributed by atoms with Crippen molar-refractivity contribution in [3.8, 4) is 0 Å². The highest BCUT2D eigenvalue weighted by Crippen LogP contribution is 2.28. The van der Waals surface area contributed by atoms with Crippen LogP contribution in [0, 0.1) is 5.41 Å². The Labute approximate surface area is 74.8 Å². The molecule has 0 saturated carbocycles. The molecule has 0 aliphatic rings. The van der Waals surface area contributed by atoms with Gasteiger partial charge in [-0.3, -0.25) is 0 Å². The number of allylic oxidation sites excluding steroid dienone is 2. The van der Waals surface area contributed by atoms with Crippen molar-refractivity contribution >= 4 is 11.8 Å². The highest BCUT2D eigenvalue weighted by atomic mass is 32.2. The summed E-state index contributed by atoms with van der Waals surface area (Å²) in [5.41, 5.74) is 1.70. The summed E-state index contributed by atoms with van der Waals surface area (Å²) in [6, 6.07) is 0. The Morgan fingerprint density at radius 1 is 1.27 bits per heavy atom. The summed E-state index contributed by atoms with van der Waals surface area (Å²) >= 11 is 1.71. The van der Waals surface area contributed by atoms with Crippen molar-refractivity contribution in [1.29, 1.82) is 0 Å². The Hall–Kier alpha value is -0.170. The minimum absolute atomic E-state index is 0.294. The van der Waals surface area contributed by atoms with Crippen molar-refractivity contribution in [2.75, 3.05) is 0 Å². The van der Waals surface area contributed by atoms with Gasteiger partial charge < -0.3 is 0 Å². The Bertz CT molecular complexity index is 170. The van der Waals surface area contributed by atoms with Crippen molar-refractivity contribution in [3.05, 3.63) is 22.5 Å². The van der Waals surface area contributed by atoms with Gasteiger partial charge in [-0.2, -0.15) is 0 Å². The SMILES string of the molecule is C=C(C)S/C=C(\C)C(C)(C)C. The van der Waals surface area contributed by atoms with Gasteiger partial charge in [0.25, 0.3) is 0 Å². The van der Waals surface area contributed by atoms with Crippen molar-refractivity contribution < 1.29 is 0 Å². The second-order valence-corrected chi connectivity index (χ2v) is 5.04. The minimum Gasteiger partial charge on any atom is -0.103 e. The van der Waals surface area contributed by atoms with E-state index in [1.54, 1.807) is 11.8 Å². The van der Waals surface area contributed by atoms with Gasteiger partial charge in [-0.25, -0.2) is 0 Å². The number of hydrogen-bond acceptors (Lipinski definition) is 1. The van der Waals surface area contributed by atoms with Crippen LogP contribution < -0.4 is 0 Å². The maximum Gasteiger partial charge on any atom is -0.0167 e. The Morgan fingerprint density at radius 3 is 2.00 bits per heavy atom. The number of thioether (sulfide) groups is 1. The highest BCUT2D eigenvalue weighted by Gasteiger charge is 2.11. The third kappa shape index (κ3) is 5.14. The van der Waals surface area contributed by atoms with Crippen LogP contribution in [0.2, 0.25) is 0 Å². The summed E-state index contributed by atoms with van der Waals surface area (Å²) < 4.78 is 0. The first-order valence-electron chi connectivity index (χ1n) is 3.83. The largest absolute Gasteiger partial charge is 0.103 e. The lowest BCUT2D eigenvalue weighted by molar-refractivity contribution is 0.505. The molecule has 1 heteroatoms. The molecule has 0 rings (SSSR count). The van der Waals surface area contributed by atoms with E-state index in [1.165, 1.54) is 5.57 Å². The molecule has 0 saturated heterocycles. The molecule has 0 bridgehead atoms. The van der Waals surface area contributed by atoms with Crippen LogP contribution in [0.4, 0.5) is 0 Å². The molecule has 0 radical (unpaired) electrons. The predicted octanol–water partition coefficient (Wildman–Crippen LogP) is 4.20. The van der Waals surface area contributed by atoms with Gasteiger partial charge in [0.15, 0.2) is 0 Å². The number of hydrogen-bond donors (Lipinski definition) is 0. The first-order chi connectivity index (χ1) is 4.84. The monoisotopic (exact) mass is 170 g/mol. The second kappa shape index (κ2) is 4.01. The zero-order chi connectivity index (χ0) is 9.07. The minimum atomic E-state index is 0.294. The van der Waals surface area contributed by atoms with Crippen molar-refractivity contribution in [2.45, 2.75) is 34.6 Å². The Kier molecular flexibility index (Phi) is 3.95. The standard InChI is InChI=1S/C10H18S/c1-8(2)11-7-9(3)10(4,5)6/h7H,1H2,2-6H3/b9-7+. The fourth-order valence-electron chi connectivity index (χ4n) is 0.366. The first kappa shape index (κ1) is 10.8. The molecule has 0 aromatic carbocycles. The van der Waals surface area contributed by atoms with E-state index in [0.717, 1.165) is 4.91 Å². The maximum absolute atomic E-state index is 3.83. The zero-order valence-electron chi connectivity index (χ0n) is 8.19. The average Bonchev–Trinajstić information content (AvgIpc) is 1.80. The molecular formula is C10H18S. The molecular weight excluding hydrogens is 152 g/mol. The van der Waals surface area contributed by atoms with Gasteiger partial charge in [0.2, 0.25) is 0 Å². The summed E-state index contributed by atoms with van der Waals surface area (Å²) in [5, 5.41) is 2.18. The van der Waals surface area contributed by atoms with Crippen LogP contribution in [0.15, 0.2) is 22.5 Å². The quantitative estimate of drug-likeness (QED) is 0.598. The van der Waals surface area contributed by atoms with Crippen LogP contribution in [0.3, 0.4) is 0 Å². The molecule has 0 nitrogen and oxygen atoms in total. The average molecular weight is 170 g/mol. The van der Waals surface area contributed by atoms with E-state index < -0.39 is 0 Å². The van der Waals surface area contributed by atoms with Crippen LogP contribution in [-0.2, 0) is 0 Å². The first-order valence-corrected chi connectivity index (χ1v) is 4.71. The number of rotatable bonds is 2. The van der Waals surface area contributed by atoms with Gasteiger partial charge in [0.1, 0.15) is 0 Å². The predicted molar refractivity (Wildman–Crippen MR) is 55.6 cm³/mol. The topological polar surface area (TPSA) is 0 Å². The second-order valence-electron chi connectivity index (χ2n) is 3.87. The molecule has 0 aromatic rings. The molecule has 0 heterocycles. The van der Waals surface area contributed by atoms with Crippen molar-refractivity contribution in [3.63, 3.8) is 0 Å². The van der Waals surface area contributed by atoms with Gasteiger partial charge >= 0.3 is 0 Å². The summed E-state index contributed by atoms with van der Waals surface area (Å²) in [4.78, 5) is 1.15. The van der Waals surface area contributed by atoms with Crippen LogP contribution in [0.25, 0.3) is 0 Å². The van der Waals surface area contributed by atoms with E-state index in [1.807, 2.05) is 6.92 Å². The smallest absolute Gasteiger partial charge is 0.0167 e.